The van der Waals surface area contributed by atoms with Crippen molar-refractivity contribution >= 4 is 24.1 Å². The van der Waals surface area contributed by atoms with Crippen LogP contribution in [0.1, 0.15) is 0 Å². The summed E-state index contributed by atoms with van der Waals surface area (Å²) in [6.45, 7) is -0.103. The third-order valence-electron chi connectivity index (χ3n) is 2.50. The first-order valence-electron chi connectivity index (χ1n) is 5.39. The van der Waals surface area contributed by atoms with Gasteiger partial charge in [0.25, 0.3) is 0 Å². The molecule has 0 atom stereocenters. The zero-order valence-corrected chi connectivity index (χ0v) is 11.1. The quantitative estimate of drug-likeness (QED) is 0.898. The molecule has 19 heavy (non-hydrogen) atoms. The first-order chi connectivity index (χ1) is 8.61. The van der Waals surface area contributed by atoms with E-state index in [1.54, 1.807) is 30.1 Å². The molecular formula is C12H14ClFN4O. The Balaban J connectivity index is 0.00000180. The molecule has 0 aliphatic rings. The van der Waals surface area contributed by atoms with Gasteiger partial charge in [0.2, 0.25) is 5.91 Å². The van der Waals surface area contributed by atoms with E-state index < -0.39 is 0 Å². The SMILES string of the molecule is Cl.Cn1cnc(-c2ccc(F)cc2)c1NC(=O)CN. The Bertz CT molecular complexity index is 568. The predicted molar refractivity (Wildman–Crippen MR) is 73.5 cm³/mol. The number of hydrogen-bond acceptors (Lipinski definition) is 3. The minimum Gasteiger partial charge on any atom is -0.322 e. The lowest BCUT2D eigenvalue weighted by atomic mass is 10.1. The highest BCUT2D eigenvalue weighted by Crippen LogP contribution is 2.25. The highest BCUT2D eigenvalue weighted by molar-refractivity contribution is 5.94. The molecule has 0 saturated carbocycles. The molecule has 3 N–H and O–H groups in total. The number of nitrogens with zero attached hydrogens (tertiary/aromatic N) is 2. The molecule has 1 aromatic carbocycles. The van der Waals surface area contributed by atoms with Gasteiger partial charge in [0, 0.05) is 12.6 Å². The molecular weight excluding hydrogens is 271 g/mol. The monoisotopic (exact) mass is 284 g/mol. The van der Waals surface area contributed by atoms with Crippen LogP contribution >= 0.6 is 12.4 Å². The fourth-order valence-corrected chi connectivity index (χ4v) is 1.58. The Morgan fingerprint density at radius 2 is 2.05 bits per heavy atom. The van der Waals surface area contributed by atoms with Crippen molar-refractivity contribution in [3.8, 4) is 11.3 Å². The molecule has 2 rings (SSSR count). The second kappa shape index (κ2) is 6.31. The lowest BCUT2D eigenvalue weighted by Gasteiger charge is -2.07. The lowest BCUT2D eigenvalue weighted by Crippen LogP contribution is -2.23. The van der Waals surface area contributed by atoms with E-state index in [-0.39, 0.29) is 30.7 Å². The smallest absolute Gasteiger partial charge is 0.239 e. The van der Waals surface area contributed by atoms with Crippen LogP contribution in [0.25, 0.3) is 11.3 Å². The molecule has 1 heterocycles. The standard InChI is InChI=1S/C12H13FN4O.ClH/c1-17-7-15-11(12(17)16-10(18)6-14)8-2-4-9(13)5-3-8;/h2-5,7H,6,14H2,1H3,(H,16,18);1H. The van der Waals surface area contributed by atoms with Gasteiger partial charge in [-0.3, -0.25) is 4.79 Å². The van der Waals surface area contributed by atoms with E-state index in [1.807, 2.05) is 0 Å². The van der Waals surface area contributed by atoms with Crippen LogP contribution in [0.2, 0.25) is 0 Å². The number of rotatable bonds is 3. The molecule has 0 bridgehead atoms. The molecule has 102 valence electrons. The molecule has 0 unspecified atom stereocenters. The molecule has 0 radical (unpaired) electrons. The molecule has 0 fully saturated rings. The first kappa shape index (κ1) is 15.1. The van der Waals surface area contributed by atoms with E-state index in [2.05, 4.69) is 10.3 Å². The van der Waals surface area contributed by atoms with E-state index >= 15 is 0 Å². The van der Waals surface area contributed by atoms with Gasteiger partial charge in [-0.05, 0) is 24.3 Å². The fraction of sp³-hybridized carbons (Fsp3) is 0.167. The number of carbonyl (C=O) groups is 1. The highest BCUT2D eigenvalue weighted by atomic mass is 35.5. The van der Waals surface area contributed by atoms with Crippen molar-refractivity contribution in [2.75, 3.05) is 11.9 Å². The van der Waals surface area contributed by atoms with E-state index in [0.29, 0.717) is 11.5 Å². The van der Waals surface area contributed by atoms with E-state index in [1.165, 1.54) is 12.1 Å². The summed E-state index contributed by atoms with van der Waals surface area (Å²) < 4.78 is 14.5. The summed E-state index contributed by atoms with van der Waals surface area (Å²) in [5.41, 5.74) is 6.56. The van der Waals surface area contributed by atoms with Gasteiger partial charge in [0.1, 0.15) is 17.3 Å². The Labute approximate surface area is 116 Å². The summed E-state index contributed by atoms with van der Waals surface area (Å²) in [6, 6.07) is 5.91. The average molecular weight is 285 g/mol. The maximum Gasteiger partial charge on any atom is 0.239 e. The Morgan fingerprint density at radius 1 is 1.42 bits per heavy atom. The Kier molecular flexibility index (Phi) is 5.02. The number of hydrogen-bond donors (Lipinski definition) is 2. The van der Waals surface area contributed by atoms with Gasteiger partial charge < -0.3 is 15.6 Å². The number of halogens is 2. The molecule has 0 saturated heterocycles. The third-order valence-corrected chi connectivity index (χ3v) is 2.50. The van der Waals surface area contributed by atoms with E-state index in [0.717, 1.165) is 5.56 Å². The summed E-state index contributed by atoms with van der Waals surface area (Å²) in [5, 5.41) is 2.66. The van der Waals surface area contributed by atoms with Gasteiger partial charge in [0.05, 0.1) is 12.9 Å². The van der Waals surface area contributed by atoms with Crippen LogP contribution < -0.4 is 11.1 Å². The van der Waals surface area contributed by atoms with Crippen LogP contribution in [0.5, 0.6) is 0 Å². The number of amides is 1. The molecule has 1 amide bonds. The topological polar surface area (TPSA) is 72.9 Å². The van der Waals surface area contributed by atoms with Gasteiger partial charge in [0.15, 0.2) is 0 Å². The number of aryl methyl sites for hydroxylation is 1. The third kappa shape index (κ3) is 3.30. The van der Waals surface area contributed by atoms with Crippen molar-refractivity contribution < 1.29 is 9.18 Å². The summed E-state index contributed by atoms with van der Waals surface area (Å²) in [7, 11) is 1.76. The van der Waals surface area contributed by atoms with Gasteiger partial charge in [-0.1, -0.05) is 0 Å². The Hall–Kier alpha value is -1.92. The number of aromatic nitrogens is 2. The normalized spacial score (nSPS) is 9.84. The number of anilines is 1. The van der Waals surface area contributed by atoms with Crippen molar-refractivity contribution in [3.05, 3.63) is 36.4 Å². The predicted octanol–water partition coefficient (Wildman–Crippen LogP) is 1.55. The van der Waals surface area contributed by atoms with Crippen molar-refractivity contribution in [2.24, 2.45) is 12.8 Å². The number of nitrogens with two attached hydrogens (primary N) is 1. The average Bonchev–Trinajstić information content (AvgIpc) is 2.72. The van der Waals surface area contributed by atoms with Crippen molar-refractivity contribution in [1.82, 2.24) is 9.55 Å². The van der Waals surface area contributed by atoms with Crippen LogP contribution in [0, 0.1) is 5.82 Å². The zero-order valence-electron chi connectivity index (χ0n) is 10.3. The minimum atomic E-state index is -0.317. The first-order valence-corrected chi connectivity index (χ1v) is 5.39. The number of benzene rings is 1. The molecule has 7 heteroatoms. The molecule has 0 aliphatic carbocycles. The minimum absolute atomic E-state index is 0. The molecule has 0 spiro atoms. The summed E-state index contributed by atoms with van der Waals surface area (Å²) in [4.78, 5) is 15.5. The second-order valence-electron chi connectivity index (χ2n) is 3.81. The molecule has 5 nitrogen and oxygen atoms in total. The fourth-order valence-electron chi connectivity index (χ4n) is 1.58. The Morgan fingerprint density at radius 3 is 2.63 bits per heavy atom. The number of imidazole rings is 1. The lowest BCUT2D eigenvalue weighted by molar-refractivity contribution is -0.114. The summed E-state index contributed by atoms with van der Waals surface area (Å²) in [5.74, 6) is -0.0822. The molecule has 1 aromatic heterocycles. The maximum atomic E-state index is 12.9. The summed E-state index contributed by atoms with van der Waals surface area (Å²) >= 11 is 0. The van der Waals surface area contributed by atoms with Crippen LogP contribution in [0.4, 0.5) is 10.2 Å². The zero-order chi connectivity index (χ0) is 13.1. The largest absolute Gasteiger partial charge is 0.322 e. The maximum absolute atomic E-state index is 12.9. The van der Waals surface area contributed by atoms with E-state index in [9.17, 15) is 9.18 Å². The van der Waals surface area contributed by atoms with Gasteiger partial charge in [-0.15, -0.1) is 12.4 Å². The van der Waals surface area contributed by atoms with Crippen LogP contribution in [0.3, 0.4) is 0 Å². The van der Waals surface area contributed by atoms with Crippen LogP contribution in [-0.2, 0) is 11.8 Å². The molecule has 2 aromatic rings. The van der Waals surface area contributed by atoms with Gasteiger partial charge in [-0.25, -0.2) is 9.37 Å². The van der Waals surface area contributed by atoms with Gasteiger partial charge in [-0.2, -0.15) is 0 Å². The van der Waals surface area contributed by atoms with E-state index in [4.69, 9.17) is 5.73 Å². The van der Waals surface area contributed by atoms with Crippen molar-refractivity contribution in [3.63, 3.8) is 0 Å². The number of nitrogens with one attached hydrogen (secondary N) is 1. The van der Waals surface area contributed by atoms with Crippen LogP contribution in [0.15, 0.2) is 30.6 Å². The van der Waals surface area contributed by atoms with Crippen molar-refractivity contribution in [1.29, 1.82) is 0 Å². The van der Waals surface area contributed by atoms with Crippen LogP contribution in [-0.4, -0.2) is 22.0 Å². The van der Waals surface area contributed by atoms with Crippen molar-refractivity contribution in [2.45, 2.75) is 0 Å². The summed E-state index contributed by atoms with van der Waals surface area (Å²) in [6.07, 6.45) is 1.57. The highest BCUT2D eigenvalue weighted by Gasteiger charge is 2.13. The second-order valence-corrected chi connectivity index (χ2v) is 3.81. The van der Waals surface area contributed by atoms with Gasteiger partial charge >= 0.3 is 0 Å². The number of carbonyl (C=O) groups excluding carboxylic acids is 1. The molecule has 0 aliphatic heterocycles.